The van der Waals surface area contributed by atoms with Crippen molar-refractivity contribution < 1.29 is 9.59 Å². The standard InChI is InChI=1S/C19H18N4O2S/c1-12-5-3-4-6-15(12)11-20-17(24)14-7-9-16(10-8-14)21-18(25)19-23-22-13(2)26-19/h3-10H,11H2,1-2H3,(H,20,24)(H,21,25). The summed E-state index contributed by atoms with van der Waals surface area (Å²) in [6, 6.07) is 14.6. The van der Waals surface area contributed by atoms with Crippen molar-refractivity contribution in [3.8, 4) is 0 Å². The SMILES string of the molecule is Cc1nnc(C(=O)Nc2ccc(C(=O)NCc3ccccc3C)cc2)s1. The lowest BCUT2D eigenvalue weighted by molar-refractivity contribution is 0.0950. The van der Waals surface area contributed by atoms with Crippen LogP contribution in [-0.2, 0) is 6.54 Å². The highest BCUT2D eigenvalue weighted by molar-refractivity contribution is 7.13. The molecule has 0 aliphatic rings. The van der Waals surface area contributed by atoms with Gasteiger partial charge in [-0.2, -0.15) is 0 Å². The number of aromatic nitrogens is 2. The van der Waals surface area contributed by atoms with E-state index in [1.165, 1.54) is 11.3 Å². The number of nitrogens with zero attached hydrogens (tertiary/aromatic N) is 2. The van der Waals surface area contributed by atoms with Crippen molar-refractivity contribution >= 4 is 28.8 Å². The molecular weight excluding hydrogens is 348 g/mol. The number of carbonyl (C=O) groups is 2. The first-order valence-electron chi connectivity index (χ1n) is 8.07. The molecule has 26 heavy (non-hydrogen) atoms. The molecule has 0 saturated carbocycles. The third-order valence-electron chi connectivity index (χ3n) is 3.83. The molecule has 1 heterocycles. The first-order valence-corrected chi connectivity index (χ1v) is 8.89. The number of aryl methyl sites for hydroxylation is 2. The fourth-order valence-corrected chi connectivity index (χ4v) is 2.95. The van der Waals surface area contributed by atoms with Gasteiger partial charge in [-0.3, -0.25) is 9.59 Å². The first kappa shape index (κ1) is 17.8. The Kier molecular flexibility index (Phi) is 5.38. The highest BCUT2D eigenvalue weighted by Gasteiger charge is 2.12. The lowest BCUT2D eigenvalue weighted by Crippen LogP contribution is -2.23. The molecule has 0 radical (unpaired) electrons. The van der Waals surface area contributed by atoms with Gasteiger partial charge in [0.25, 0.3) is 11.8 Å². The Bertz CT molecular complexity index is 935. The number of benzene rings is 2. The van der Waals surface area contributed by atoms with Crippen molar-refractivity contribution in [2.24, 2.45) is 0 Å². The van der Waals surface area contributed by atoms with Gasteiger partial charge >= 0.3 is 0 Å². The number of rotatable bonds is 5. The van der Waals surface area contributed by atoms with Crippen LogP contribution in [0.3, 0.4) is 0 Å². The summed E-state index contributed by atoms with van der Waals surface area (Å²) in [7, 11) is 0. The van der Waals surface area contributed by atoms with Crippen molar-refractivity contribution in [1.29, 1.82) is 0 Å². The van der Waals surface area contributed by atoms with Gasteiger partial charge in [-0.15, -0.1) is 10.2 Å². The predicted molar refractivity (Wildman–Crippen MR) is 101 cm³/mol. The third-order valence-corrected chi connectivity index (χ3v) is 4.66. The maximum atomic E-state index is 12.3. The molecule has 7 heteroatoms. The minimum Gasteiger partial charge on any atom is -0.348 e. The van der Waals surface area contributed by atoms with Gasteiger partial charge in [-0.05, 0) is 49.2 Å². The summed E-state index contributed by atoms with van der Waals surface area (Å²) in [5.74, 6) is -0.474. The fraction of sp³-hybridized carbons (Fsp3) is 0.158. The molecule has 132 valence electrons. The summed E-state index contributed by atoms with van der Waals surface area (Å²) in [5, 5.41) is 14.3. The van der Waals surface area contributed by atoms with Crippen LogP contribution >= 0.6 is 11.3 Å². The monoisotopic (exact) mass is 366 g/mol. The van der Waals surface area contributed by atoms with E-state index in [9.17, 15) is 9.59 Å². The Morgan fingerprint density at radius 2 is 1.69 bits per heavy atom. The molecule has 1 aromatic heterocycles. The molecule has 2 amide bonds. The molecule has 0 fully saturated rings. The summed E-state index contributed by atoms with van der Waals surface area (Å²) >= 11 is 1.23. The van der Waals surface area contributed by atoms with Crippen molar-refractivity contribution in [3.63, 3.8) is 0 Å². The largest absolute Gasteiger partial charge is 0.348 e. The molecule has 0 saturated heterocycles. The number of nitrogens with one attached hydrogen (secondary N) is 2. The minimum absolute atomic E-state index is 0.161. The maximum Gasteiger partial charge on any atom is 0.286 e. The summed E-state index contributed by atoms with van der Waals surface area (Å²) in [4.78, 5) is 24.3. The molecule has 2 aromatic carbocycles. The second kappa shape index (κ2) is 7.88. The molecule has 6 nitrogen and oxygen atoms in total. The minimum atomic E-state index is -0.313. The van der Waals surface area contributed by atoms with Gasteiger partial charge < -0.3 is 10.6 Å². The maximum absolute atomic E-state index is 12.3. The molecule has 0 aliphatic carbocycles. The van der Waals surface area contributed by atoms with Gasteiger partial charge in [0, 0.05) is 17.8 Å². The Morgan fingerprint density at radius 3 is 2.35 bits per heavy atom. The van der Waals surface area contributed by atoms with Crippen molar-refractivity contribution in [1.82, 2.24) is 15.5 Å². The van der Waals surface area contributed by atoms with Gasteiger partial charge in [-0.25, -0.2) is 0 Å². The molecule has 2 N–H and O–H groups in total. The zero-order chi connectivity index (χ0) is 18.5. The van der Waals surface area contributed by atoms with Gasteiger partial charge in [0.05, 0.1) is 0 Å². The average Bonchev–Trinajstić information content (AvgIpc) is 3.08. The van der Waals surface area contributed by atoms with E-state index in [1.807, 2.05) is 31.2 Å². The molecule has 3 rings (SSSR count). The van der Waals surface area contributed by atoms with E-state index in [0.29, 0.717) is 22.8 Å². The van der Waals surface area contributed by atoms with Crippen LogP contribution in [0, 0.1) is 13.8 Å². The van der Waals surface area contributed by atoms with Gasteiger partial charge in [0.2, 0.25) is 5.01 Å². The van der Waals surface area contributed by atoms with E-state index in [-0.39, 0.29) is 11.8 Å². The fourth-order valence-electron chi connectivity index (χ4n) is 2.36. The zero-order valence-electron chi connectivity index (χ0n) is 14.4. The second-order valence-electron chi connectivity index (χ2n) is 5.77. The molecule has 0 unspecified atom stereocenters. The molecule has 3 aromatic rings. The Balaban J connectivity index is 1.59. The number of anilines is 1. The Labute approximate surface area is 155 Å². The number of hydrogen-bond acceptors (Lipinski definition) is 5. The summed E-state index contributed by atoms with van der Waals surface area (Å²) in [6.07, 6.45) is 0. The van der Waals surface area contributed by atoms with Crippen LogP contribution in [0.15, 0.2) is 48.5 Å². The average molecular weight is 366 g/mol. The van der Waals surface area contributed by atoms with E-state index in [1.54, 1.807) is 31.2 Å². The highest BCUT2D eigenvalue weighted by atomic mass is 32.1. The Hall–Kier alpha value is -3.06. The van der Waals surface area contributed by atoms with Crippen LogP contribution in [-0.4, -0.2) is 22.0 Å². The summed E-state index contributed by atoms with van der Waals surface area (Å²) < 4.78 is 0. The van der Waals surface area contributed by atoms with Crippen molar-refractivity contribution in [2.75, 3.05) is 5.32 Å². The summed E-state index contributed by atoms with van der Waals surface area (Å²) in [5.41, 5.74) is 3.34. The molecule has 0 aliphatic heterocycles. The van der Waals surface area contributed by atoms with Gasteiger partial charge in [-0.1, -0.05) is 35.6 Å². The van der Waals surface area contributed by atoms with Crippen molar-refractivity contribution in [2.45, 2.75) is 20.4 Å². The number of hydrogen-bond donors (Lipinski definition) is 2. The van der Waals surface area contributed by atoms with Crippen LogP contribution in [0.1, 0.15) is 36.3 Å². The molecular formula is C19H18N4O2S. The lowest BCUT2D eigenvalue weighted by atomic mass is 10.1. The van der Waals surface area contributed by atoms with Crippen molar-refractivity contribution in [3.05, 3.63) is 75.2 Å². The molecule has 0 atom stereocenters. The van der Waals surface area contributed by atoms with Crippen LogP contribution < -0.4 is 10.6 Å². The quantitative estimate of drug-likeness (QED) is 0.725. The molecule has 0 bridgehead atoms. The number of amides is 2. The van der Waals surface area contributed by atoms with E-state index in [2.05, 4.69) is 20.8 Å². The van der Waals surface area contributed by atoms with Gasteiger partial charge in [0.15, 0.2) is 0 Å². The Morgan fingerprint density at radius 1 is 0.962 bits per heavy atom. The van der Waals surface area contributed by atoms with Crippen LogP contribution in [0.25, 0.3) is 0 Å². The van der Waals surface area contributed by atoms with Crippen LogP contribution in [0.2, 0.25) is 0 Å². The highest BCUT2D eigenvalue weighted by Crippen LogP contribution is 2.14. The van der Waals surface area contributed by atoms with E-state index >= 15 is 0 Å². The summed E-state index contributed by atoms with van der Waals surface area (Å²) in [6.45, 7) is 4.28. The van der Waals surface area contributed by atoms with Gasteiger partial charge in [0.1, 0.15) is 5.01 Å². The lowest BCUT2D eigenvalue weighted by Gasteiger charge is -2.08. The molecule has 0 spiro atoms. The normalized spacial score (nSPS) is 10.4. The topological polar surface area (TPSA) is 84.0 Å². The van der Waals surface area contributed by atoms with Crippen LogP contribution in [0.5, 0.6) is 0 Å². The van der Waals surface area contributed by atoms with E-state index in [0.717, 1.165) is 16.1 Å². The number of carbonyl (C=O) groups excluding carboxylic acids is 2. The first-order chi connectivity index (χ1) is 12.5. The third kappa shape index (κ3) is 4.31. The van der Waals surface area contributed by atoms with E-state index in [4.69, 9.17) is 0 Å². The van der Waals surface area contributed by atoms with E-state index < -0.39 is 0 Å². The predicted octanol–water partition coefficient (Wildman–Crippen LogP) is 3.34. The zero-order valence-corrected chi connectivity index (χ0v) is 15.3. The second-order valence-corrected chi connectivity index (χ2v) is 6.95. The smallest absolute Gasteiger partial charge is 0.286 e. The van der Waals surface area contributed by atoms with Crippen LogP contribution in [0.4, 0.5) is 5.69 Å².